The largest absolute Gasteiger partial charge is 0.497 e. The molecule has 0 unspecified atom stereocenters. The first-order valence-corrected chi connectivity index (χ1v) is 6.46. The van der Waals surface area contributed by atoms with Crippen LogP contribution in [0.2, 0.25) is 0 Å². The van der Waals surface area contributed by atoms with Crippen LogP contribution < -0.4 is 10.5 Å². The highest BCUT2D eigenvalue weighted by molar-refractivity contribution is 5.96. The summed E-state index contributed by atoms with van der Waals surface area (Å²) < 4.78 is 5.12. The number of primary amides is 1. The van der Waals surface area contributed by atoms with Crippen molar-refractivity contribution in [2.75, 3.05) is 13.7 Å². The average Bonchev–Trinajstić information content (AvgIpc) is 2.88. The molecule has 2 rings (SSSR count). The minimum absolute atomic E-state index is 0.0796. The van der Waals surface area contributed by atoms with E-state index in [1.54, 1.807) is 7.11 Å². The molecule has 0 saturated carbocycles. The summed E-state index contributed by atoms with van der Waals surface area (Å²) in [7, 11) is 1.63. The highest BCUT2D eigenvalue weighted by Gasteiger charge is 2.23. The van der Waals surface area contributed by atoms with Gasteiger partial charge in [-0.15, -0.1) is 0 Å². The molecular formula is C15H17N3O2. The molecule has 0 atom stereocenters. The summed E-state index contributed by atoms with van der Waals surface area (Å²) in [5.74, 6) is 0.157. The average molecular weight is 271 g/mol. The maximum Gasteiger partial charge on any atom is 0.261 e. The molecule has 1 heterocycles. The molecule has 2 N–H and O–H groups in total. The van der Waals surface area contributed by atoms with Crippen molar-refractivity contribution < 1.29 is 9.53 Å². The third-order valence-electron chi connectivity index (χ3n) is 3.40. The van der Waals surface area contributed by atoms with Crippen molar-refractivity contribution in [1.82, 2.24) is 4.90 Å². The third-order valence-corrected chi connectivity index (χ3v) is 3.40. The van der Waals surface area contributed by atoms with Crippen LogP contribution in [0, 0.1) is 11.3 Å². The Morgan fingerprint density at radius 3 is 2.70 bits per heavy atom. The molecule has 1 aliphatic heterocycles. The molecule has 1 amide bonds. The zero-order valence-corrected chi connectivity index (χ0v) is 11.4. The van der Waals surface area contributed by atoms with Crippen molar-refractivity contribution in [3.05, 3.63) is 41.1 Å². The molecule has 1 saturated heterocycles. The summed E-state index contributed by atoms with van der Waals surface area (Å²) in [4.78, 5) is 13.3. The van der Waals surface area contributed by atoms with Crippen LogP contribution in [-0.2, 0) is 11.3 Å². The first kappa shape index (κ1) is 13.9. The van der Waals surface area contributed by atoms with Gasteiger partial charge in [0.25, 0.3) is 5.91 Å². The SMILES string of the molecule is COc1ccc(CN2CCC/C2=C(/C#N)C(N)=O)cc1. The lowest BCUT2D eigenvalue weighted by Gasteiger charge is -2.21. The van der Waals surface area contributed by atoms with Crippen molar-refractivity contribution in [1.29, 1.82) is 5.26 Å². The van der Waals surface area contributed by atoms with Gasteiger partial charge in [0, 0.05) is 18.8 Å². The summed E-state index contributed by atoms with van der Waals surface area (Å²) in [5, 5.41) is 9.06. The van der Waals surface area contributed by atoms with Crippen molar-refractivity contribution in [3.8, 4) is 11.8 Å². The normalized spacial score (nSPS) is 16.7. The number of amides is 1. The highest BCUT2D eigenvalue weighted by atomic mass is 16.5. The Bertz CT molecular complexity index is 570. The first-order valence-electron chi connectivity index (χ1n) is 6.46. The Kier molecular flexibility index (Phi) is 4.26. The lowest BCUT2D eigenvalue weighted by Crippen LogP contribution is -2.23. The number of allylic oxidation sites excluding steroid dienone is 1. The molecule has 1 aromatic rings. The number of hydrogen-bond acceptors (Lipinski definition) is 4. The molecule has 0 aliphatic carbocycles. The number of benzene rings is 1. The maximum atomic E-state index is 11.3. The second-order valence-corrected chi connectivity index (χ2v) is 4.67. The Labute approximate surface area is 118 Å². The van der Waals surface area contributed by atoms with E-state index in [0.29, 0.717) is 6.54 Å². The summed E-state index contributed by atoms with van der Waals surface area (Å²) in [5.41, 5.74) is 7.20. The summed E-state index contributed by atoms with van der Waals surface area (Å²) in [6.45, 7) is 1.50. The molecule has 0 bridgehead atoms. The van der Waals surface area contributed by atoms with Gasteiger partial charge in [-0.1, -0.05) is 12.1 Å². The van der Waals surface area contributed by atoms with Gasteiger partial charge >= 0.3 is 0 Å². The van der Waals surface area contributed by atoms with Gasteiger partial charge in [0.15, 0.2) is 0 Å². The Morgan fingerprint density at radius 1 is 1.45 bits per heavy atom. The molecule has 0 radical (unpaired) electrons. The molecular weight excluding hydrogens is 254 g/mol. The molecule has 5 nitrogen and oxygen atoms in total. The fourth-order valence-corrected chi connectivity index (χ4v) is 2.40. The van der Waals surface area contributed by atoms with E-state index >= 15 is 0 Å². The predicted molar refractivity (Wildman–Crippen MR) is 74.5 cm³/mol. The van der Waals surface area contributed by atoms with Crippen molar-refractivity contribution in [2.24, 2.45) is 5.73 Å². The van der Waals surface area contributed by atoms with Gasteiger partial charge in [-0.25, -0.2) is 0 Å². The molecule has 20 heavy (non-hydrogen) atoms. The zero-order valence-electron chi connectivity index (χ0n) is 11.4. The summed E-state index contributed by atoms with van der Waals surface area (Å²) in [6.07, 6.45) is 1.66. The standard InChI is InChI=1S/C15H17N3O2/c1-20-12-6-4-11(5-7-12)10-18-8-2-3-14(18)13(9-16)15(17)19/h4-7H,2-3,8,10H2,1H3,(H2,17,19)/b14-13+. The smallest absolute Gasteiger partial charge is 0.261 e. The monoisotopic (exact) mass is 271 g/mol. The van der Waals surface area contributed by atoms with Gasteiger partial charge in [0.1, 0.15) is 17.4 Å². The Balaban J connectivity index is 2.19. The molecule has 1 aliphatic rings. The summed E-state index contributed by atoms with van der Waals surface area (Å²) in [6, 6.07) is 9.67. The van der Waals surface area contributed by atoms with Crippen molar-refractivity contribution >= 4 is 5.91 Å². The van der Waals surface area contributed by atoms with Gasteiger partial charge in [-0.3, -0.25) is 4.79 Å². The number of nitriles is 1. The van der Waals surface area contributed by atoms with Crippen LogP contribution in [0.1, 0.15) is 18.4 Å². The number of nitrogens with zero attached hydrogens (tertiary/aromatic N) is 2. The molecule has 5 heteroatoms. The number of carbonyl (C=O) groups excluding carboxylic acids is 1. The number of ether oxygens (including phenoxy) is 1. The fourth-order valence-electron chi connectivity index (χ4n) is 2.40. The van der Waals surface area contributed by atoms with E-state index in [9.17, 15) is 4.79 Å². The minimum Gasteiger partial charge on any atom is -0.497 e. The Hall–Kier alpha value is -2.48. The van der Waals surface area contributed by atoms with Crippen LogP contribution in [0.4, 0.5) is 0 Å². The van der Waals surface area contributed by atoms with Crippen LogP contribution >= 0.6 is 0 Å². The highest BCUT2D eigenvalue weighted by Crippen LogP contribution is 2.26. The number of carbonyl (C=O) groups is 1. The van der Waals surface area contributed by atoms with Crippen LogP contribution in [0.5, 0.6) is 5.75 Å². The number of hydrogen-bond donors (Lipinski definition) is 1. The minimum atomic E-state index is -0.649. The predicted octanol–water partition coefficient (Wildman–Crippen LogP) is 1.55. The van der Waals surface area contributed by atoms with Crippen LogP contribution in [-0.4, -0.2) is 24.5 Å². The fraction of sp³-hybridized carbons (Fsp3) is 0.333. The number of methoxy groups -OCH3 is 1. The van der Waals surface area contributed by atoms with E-state index in [1.165, 1.54) is 0 Å². The second-order valence-electron chi connectivity index (χ2n) is 4.67. The zero-order chi connectivity index (χ0) is 14.5. The molecule has 1 aromatic carbocycles. The quantitative estimate of drug-likeness (QED) is 0.665. The van der Waals surface area contributed by atoms with E-state index in [2.05, 4.69) is 0 Å². The number of rotatable bonds is 4. The van der Waals surface area contributed by atoms with Crippen molar-refractivity contribution in [2.45, 2.75) is 19.4 Å². The van der Waals surface area contributed by atoms with E-state index in [0.717, 1.165) is 36.4 Å². The van der Waals surface area contributed by atoms with Gasteiger partial charge in [0.2, 0.25) is 0 Å². The Morgan fingerprint density at radius 2 is 2.15 bits per heavy atom. The van der Waals surface area contributed by atoms with E-state index in [4.69, 9.17) is 15.7 Å². The molecule has 0 aromatic heterocycles. The van der Waals surface area contributed by atoms with E-state index in [1.807, 2.05) is 35.2 Å². The molecule has 104 valence electrons. The van der Waals surface area contributed by atoms with Gasteiger partial charge in [-0.05, 0) is 30.5 Å². The molecule has 1 fully saturated rings. The third kappa shape index (κ3) is 2.91. The van der Waals surface area contributed by atoms with Crippen LogP contribution in [0.15, 0.2) is 35.5 Å². The lowest BCUT2D eigenvalue weighted by atomic mass is 10.1. The topological polar surface area (TPSA) is 79.3 Å². The second kappa shape index (κ2) is 6.11. The number of likely N-dealkylation sites (tertiary alicyclic amines) is 1. The first-order chi connectivity index (χ1) is 9.65. The van der Waals surface area contributed by atoms with Gasteiger partial charge in [-0.2, -0.15) is 5.26 Å². The van der Waals surface area contributed by atoms with Crippen LogP contribution in [0.3, 0.4) is 0 Å². The number of nitrogens with two attached hydrogens (primary N) is 1. The van der Waals surface area contributed by atoms with Gasteiger partial charge < -0.3 is 15.4 Å². The van der Waals surface area contributed by atoms with Gasteiger partial charge in [0.05, 0.1) is 7.11 Å². The van der Waals surface area contributed by atoms with Crippen molar-refractivity contribution in [3.63, 3.8) is 0 Å². The molecule has 0 spiro atoms. The van der Waals surface area contributed by atoms with Crippen LogP contribution in [0.25, 0.3) is 0 Å². The lowest BCUT2D eigenvalue weighted by molar-refractivity contribution is -0.114. The van der Waals surface area contributed by atoms with E-state index < -0.39 is 5.91 Å². The summed E-state index contributed by atoms with van der Waals surface area (Å²) >= 11 is 0. The van der Waals surface area contributed by atoms with E-state index in [-0.39, 0.29) is 5.57 Å². The maximum absolute atomic E-state index is 11.3.